The number of hydrogen-bond donors (Lipinski definition) is 1. The molecule has 170 valence electrons. The van der Waals surface area contributed by atoms with Crippen molar-refractivity contribution in [2.45, 2.75) is 31.9 Å². The third kappa shape index (κ3) is 8.22. The van der Waals surface area contributed by atoms with Crippen LogP contribution < -0.4 is 9.62 Å². The molecule has 0 aromatic heterocycles. The molecule has 0 aliphatic heterocycles. The first-order valence-electron chi connectivity index (χ1n) is 9.74. The summed E-state index contributed by atoms with van der Waals surface area (Å²) < 4.78 is 25.6. The van der Waals surface area contributed by atoms with Crippen molar-refractivity contribution in [3.63, 3.8) is 0 Å². The summed E-state index contributed by atoms with van der Waals surface area (Å²) in [4.78, 5) is 12.4. The third-order valence-corrected chi connectivity index (χ3v) is 7.29. The minimum Gasteiger partial charge on any atom is -0.354 e. The lowest BCUT2D eigenvalue weighted by Crippen LogP contribution is -2.41. The average molecular weight is 504 g/mol. The Morgan fingerprint density at radius 1 is 1.10 bits per heavy atom. The first-order valence-corrected chi connectivity index (χ1v) is 13.5. The first kappa shape index (κ1) is 25.8. The van der Waals surface area contributed by atoms with Gasteiger partial charge in [0.05, 0.1) is 11.9 Å². The van der Waals surface area contributed by atoms with E-state index in [1.807, 2.05) is 18.2 Å². The number of anilines is 1. The molecule has 0 aliphatic rings. The van der Waals surface area contributed by atoms with Crippen LogP contribution in [0.15, 0.2) is 42.5 Å². The van der Waals surface area contributed by atoms with Crippen LogP contribution in [-0.4, -0.2) is 39.4 Å². The van der Waals surface area contributed by atoms with Gasteiger partial charge in [0.2, 0.25) is 15.9 Å². The van der Waals surface area contributed by atoms with E-state index in [0.717, 1.165) is 21.7 Å². The number of sulfonamides is 1. The average Bonchev–Trinajstić information content (AvgIpc) is 2.66. The molecule has 0 saturated heterocycles. The molecule has 0 saturated carbocycles. The second kappa shape index (κ2) is 10.9. The molecule has 0 atom stereocenters. The fourth-order valence-corrected chi connectivity index (χ4v) is 5.07. The van der Waals surface area contributed by atoms with Crippen LogP contribution in [0.5, 0.6) is 0 Å². The van der Waals surface area contributed by atoms with E-state index >= 15 is 0 Å². The number of carbonyl (C=O) groups is 1. The van der Waals surface area contributed by atoms with Gasteiger partial charge in [-0.15, -0.1) is 0 Å². The maximum atomic E-state index is 12.4. The Morgan fingerprint density at radius 2 is 1.74 bits per heavy atom. The number of hydrogen-bond acceptors (Lipinski definition) is 4. The molecule has 2 aromatic carbocycles. The van der Waals surface area contributed by atoms with E-state index in [9.17, 15) is 13.2 Å². The lowest BCUT2D eigenvalue weighted by molar-refractivity contribution is -0.119. The Balaban J connectivity index is 1.88. The summed E-state index contributed by atoms with van der Waals surface area (Å²) in [6, 6.07) is 12.6. The number of nitrogens with one attached hydrogen (secondary N) is 1. The quantitative estimate of drug-likeness (QED) is 0.484. The van der Waals surface area contributed by atoms with Crippen molar-refractivity contribution < 1.29 is 13.2 Å². The van der Waals surface area contributed by atoms with Crippen LogP contribution in [-0.2, 0) is 26.0 Å². The summed E-state index contributed by atoms with van der Waals surface area (Å²) in [7, 11) is -3.60. The SMILES string of the molecule is CC(C)(C)c1ccc(N(CC(=O)NCCSCc2ccc(Cl)cc2Cl)S(C)(=O)=O)cc1. The molecule has 31 heavy (non-hydrogen) atoms. The summed E-state index contributed by atoms with van der Waals surface area (Å²) in [5.74, 6) is 1.01. The zero-order valence-corrected chi connectivity index (χ0v) is 21.3. The van der Waals surface area contributed by atoms with Gasteiger partial charge in [-0.2, -0.15) is 11.8 Å². The summed E-state index contributed by atoms with van der Waals surface area (Å²) in [5, 5.41) is 3.99. The van der Waals surface area contributed by atoms with Gasteiger partial charge in [-0.3, -0.25) is 9.10 Å². The number of halogens is 2. The molecule has 0 fully saturated rings. The van der Waals surface area contributed by atoms with Crippen molar-refractivity contribution >= 4 is 56.6 Å². The maximum Gasteiger partial charge on any atom is 0.240 e. The highest BCUT2D eigenvalue weighted by Crippen LogP contribution is 2.26. The fraction of sp³-hybridized carbons (Fsp3) is 0.409. The summed E-state index contributed by atoms with van der Waals surface area (Å²) in [6.45, 7) is 6.42. The molecule has 9 heteroatoms. The molecule has 1 amide bonds. The summed E-state index contributed by atoms with van der Waals surface area (Å²) >= 11 is 13.7. The van der Waals surface area contributed by atoms with Crippen molar-refractivity contribution in [2.75, 3.05) is 29.4 Å². The molecule has 1 N–H and O–H groups in total. The van der Waals surface area contributed by atoms with Crippen LogP contribution in [0.3, 0.4) is 0 Å². The predicted molar refractivity (Wildman–Crippen MR) is 133 cm³/mol. The third-order valence-electron chi connectivity index (χ3n) is 4.55. The van der Waals surface area contributed by atoms with Gasteiger partial charge in [0, 0.05) is 28.1 Å². The monoisotopic (exact) mass is 502 g/mol. The molecule has 0 spiro atoms. The van der Waals surface area contributed by atoms with Crippen LogP contribution in [0.2, 0.25) is 10.0 Å². The van der Waals surface area contributed by atoms with Gasteiger partial charge in [0.25, 0.3) is 0 Å². The van der Waals surface area contributed by atoms with Gasteiger partial charge in [0.1, 0.15) is 6.54 Å². The Morgan fingerprint density at radius 3 is 2.29 bits per heavy atom. The highest BCUT2D eigenvalue weighted by Gasteiger charge is 2.21. The largest absolute Gasteiger partial charge is 0.354 e. The van der Waals surface area contributed by atoms with Gasteiger partial charge in [0.15, 0.2) is 0 Å². The molecule has 2 rings (SSSR count). The Bertz CT molecular complexity index is 1000. The molecule has 0 aliphatic carbocycles. The number of rotatable bonds is 9. The number of nitrogens with zero attached hydrogens (tertiary/aromatic N) is 1. The van der Waals surface area contributed by atoms with E-state index in [0.29, 0.717) is 33.8 Å². The summed E-state index contributed by atoms with van der Waals surface area (Å²) in [5.41, 5.74) is 2.49. The number of carbonyl (C=O) groups excluding carboxylic acids is 1. The molecule has 0 unspecified atom stereocenters. The van der Waals surface area contributed by atoms with E-state index in [4.69, 9.17) is 23.2 Å². The van der Waals surface area contributed by atoms with Crippen LogP contribution in [0.1, 0.15) is 31.9 Å². The van der Waals surface area contributed by atoms with E-state index in [1.165, 1.54) is 0 Å². The van der Waals surface area contributed by atoms with Gasteiger partial charge in [-0.05, 0) is 40.8 Å². The van der Waals surface area contributed by atoms with Gasteiger partial charge in [-0.25, -0.2) is 8.42 Å². The van der Waals surface area contributed by atoms with Crippen LogP contribution in [0.25, 0.3) is 0 Å². The van der Waals surface area contributed by atoms with Crippen molar-refractivity contribution in [3.05, 3.63) is 63.6 Å². The smallest absolute Gasteiger partial charge is 0.240 e. The maximum absolute atomic E-state index is 12.4. The lowest BCUT2D eigenvalue weighted by atomic mass is 9.87. The van der Waals surface area contributed by atoms with E-state index in [1.54, 1.807) is 36.0 Å². The minimum absolute atomic E-state index is 0.0419. The molecule has 0 radical (unpaired) electrons. The molecule has 0 bridgehead atoms. The number of amides is 1. The highest BCUT2D eigenvalue weighted by atomic mass is 35.5. The fourth-order valence-electron chi connectivity index (χ4n) is 2.80. The molecular formula is C22H28Cl2N2O3S2. The van der Waals surface area contributed by atoms with Crippen LogP contribution in [0, 0.1) is 0 Å². The Kier molecular flexibility index (Phi) is 9.13. The van der Waals surface area contributed by atoms with Gasteiger partial charge >= 0.3 is 0 Å². The van der Waals surface area contributed by atoms with Gasteiger partial charge in [-0.1, -0.05) is 62.2 Å². The lowest BCUT2D eigenvalue weighted by Gasteiger charge is -2.24. The van der Waals surface area contributed by atoms with Crippen molar-refractivity contribution in [3.8, 4) is 0 Å². The van der Waals surface area contributed by atoms with Crippen LogP contribution >= 0.6 is 35.0 Å². The van der Waals surface area contributed by atoms with Gasteiger partial charge < -0.3 is 5.32 Å². The van der Waals surface area contributed by atoms with E-state index in [2.05, 4.69) is 26.1 Å². The topological polar surface area (TPSA) is 66.5 Å². The standard InChI is InChI=1S/C22H28Cl2N2O3S2/c1-22(2,3)17-6-9-19(10-7-17)26(31(4,28)29)14-21(27)25-11-12-30-15-16-5-8-18(23)13-20(16)24/h5-10,13H,11-12,14-15H2,1-4H3,(H,25,27). The van der Waals surface area contributed by atoms with Crippen molar-refractivity contribution in [1.29, 1.82) is 0 Å². The number of benzene rings is 2. The Labute approximate surface area is 199 Å². The molecule has 5 nitrogen and oxygen atoms in total. The first-order chi connectivity index (χ1) is 14.4. The minimum atomic E-state index is -3.60. The normalized spacial score (nSPS) is 11.9. The van der Waals surface area contributed by atoms with E-state index < -0.39 is 10.0 Å². The zero-order chi connectivity index (χ0) is 23.2. The second-order valence-corrected chi connectivity index (χ2v) is 12.1. The predicted octanol–water partition coefficient (Wildman–Crippen LogP) is 5.11. The van der Waals surface area contributed by atoms with Crippen molar-refractivity contribution in [1.82, 2.24) is 5.32 Å². The Hall–Kier alpha value is -1.41. The van der Waals surface area contributed by atoms with Crippen molar-refractivity contribution in [2.24, 2.45) is 0 Å². The molecular weight excluding hydrogens is 475 g/mol. The number of thioether (sulfide) groups is 1. The second-order valence-electron chi connectivity index (χ2n) is 8.20. The highest BCUT2D eigenvalue weighted by molar-refractivity contribution is 7.98. The van der Waals surface area contributed by atoms with E-state index in [-0.39, 0.29) is 17.9 Å². The summed E-state index contributed by atoms with van der Waals surface area (Å²) in [6.07, 6.45) is 1.10. The van der Waals surface area contributed by atoms with Crippen LogP contribution in [0.4, 0.5) is 5.69 Å². The molecule has 2 aromatic rings. The zero-order valence-electron chi connectivity index (χ0n) is 18.1. The molecule has 0 heterocycles.